The van der Waals surface area contributed by atoms with Gasteiger partial charge >= 0.3 is 24.2 Å². The van der Waals surface area contributed by atoms with Crippen LogP contribution in [0.5, 0.6) is 11.5 Å². The molecule has 202 valence electrons. The van der Waals surface area contributed by atoms with Gasteiger partial charge in [-0.05, 0) is 50.3 Å². The summed E-state index contributed by atoms with van der Waals surface area (Å²) >= 11 is 0. The van der Waals surface area contributed by atoms with Gasteiger partial charge in [-0.15, -0.1) is 0 Å². The second-order valence-electron chi connectivity index (χ2n) is 8.18. The van der Waals surface area contributed by atoms with E-state index in [1.165, 1.54) is 12.1 Å². The highest BCUT2D eigenvalue weighted by Crippen LogP contribution is 2.30. The highest BCUT2D eigenvalue weighted by Gasteiger charge is 2.22. The molecule has 1 rings (SSSR count). The molecule has 0 aliphatic carbocycles. The maximum atomic E-state index is 12.3. The van der Waals surface area contributed by atoms with Crippen LogP contribution in [0.1, 0.15) is 59.4 Å². The van der Waals surface area contributed by atoms with E-state index in [0.717, 1.165) is 0 Å². The second kappa shape index (κ2) is 16.4. The quantitative estimate of drug-likeness (QED) is 0.220. The predicted octanol–water partition coefficient (Wildman–Crippen LogP) is 3.93. The van der Waals surface area contributed by atoms with E-state index in [4.69, 9.17) is 34.2 Å². The van der Waals surface area contributed by atoms with Gasteiger partial charge in [0.25, 0.3) is 0 Å². The van der Waals surface area contributed by atoms with Gasteiger partial charge in [-0.2, -0.15) is 0 Å². The number of benzene rings is 1. The van der Waals surface area contributed by atoms with Crippen molar-refractivity contribution in [3.63, 3.8) is 0 Å². The molecule has 1 unspecified atom stereocenters. The Hall–Kier alpha value is -3.34. The average molecular weight is 512 g/mol. The van der Waals surface area contributed by atoms with E-state index in [-0.39, 0.29) is 49.6 Å². The van der Waals surface area contributed by atoms with Crippen molar-refractivity contribution in [1.29, 1.82) is 0 Å². The third kappa shape index (κ3) is 11.4. The lowest BCUT2D eigenvalue weighted by atomic mass is 10.1. The topological polar surface area (TPSA) is 150 Å². The molecule has 0 heterocycles. The summed E-state index contributed by atoms with van der Waals surface area (Å²) in [4.78, 5) is 48.0. The van der Waals surface area contributed by atoms with Gasteiger partial charge in [0.05, 0.1) is 19.1 Å². The van der Waals surface area contributed by atoms with Gasteiger partial charge in [0.15, 0.2) is 11.5 Å². The van der Waals surface area contributed by atoms with Crippen molar-refractivity contribution in [3.05, 3.63) is 23.8 Å². The lowest BCUT2D eigenvalue weighted by Gasteiger charge is -2.18. The first-order chi connectivity index (χ1) is 17.1. The molecule has 2 N–H and O–H groups in total. The van der Waals surface area contributed by atoms with Crippen LogP contribution in [0, 0.1) is 5.92 Å². The summed E-state index contributed by atoms with van der Waals surface area (Å²) in [6.45, 7) is 9.06. The smallest absolute Gasteiger partial charge is 0.461 e. The molecule has 11 nitrogen and oxygen atoms in total. The van der Waals surface area contributed by atoms with Crippen molar-refractivity contribution in [2.75, 3.05) is 19.8 Å². The zero-order valence-corrected chi connectivity index (χ0v) is 21.6. The Morgan fingerprint density at radius 2 is 1.42 bits per heavy atom. The SMILES string of the molecule is CCCOC(=O)Oc1ccc(C[C@H](N)C(=O)OC[C@H](C)OC(=O)C(C)CC)cc1OC(=O)OCCC. The number of carbonyl (C=O) groups is 4. The molecule has 0 aromatic heterocycles. The number of ether oxygens (including phenoxy) is 6. The van der Waals surface area contributed by atoms with Gasteiger partial charge in [0.1, 0.15) is 18.8 Å². The molecule has 1 aromatic carbocycles. The van der Waals surface area contributed by atoms with Crippen LogP contribution in [-0.4, -0.2) is 56.2 Å². The Kier molecular flexibility index (Phi) is 13.9. The molecule has 0 amide bonds. The summed E-state index contributed by atoms with van der Waals surface area (Å²) < 4.78 is 30.5. The molecule has 0 aliphatic heterocycles. The van der Waals surface area contributed by atoms with E-state index < -0.39 is 30.4 Å². The summed E-state index contributed by atoms with van der Waals surface area (Å²) in [6.07, 6.45) is -0.698. The summed E-state index contributed by atoms with van der Waals surface area (Å²) in [6, 6.07) is 3.29. The predicted molar refractivity (Wildman–Crippen MR) is 129 cm³/mol. The molecule has 0 saturated carbocycles. The van der Waals surface area contributed by atoms with Crippen LogP contribution in [0.3, 0.4) is 0 Å². The summed E-state index contributed by atoms with van der Waals surface area (Å²) in [5.41, 5.74) is 6.48. The summed E-state index contributed by atoms with van der Waals surface area (Å²) in [7, 11) is 0. The van der Waals surface area contributed by atoms with Crippen LogP contribution in [0.25, 0.3) is 0 Å². The van der Waals surface area contributed by atoms with Crippen LogP contribution < -0.4 is 15.2 Å². The van der Waals surface area contributed by atoms with Gasteiger partial charge in [0, 0.05) is 0 Å². The largest absolute Gasteiger partial charge is 0.513 e. The number of hydrogen-bond acceptors (Lipinski definition) is 11. The van der Waals surface area contributed by atoms with E-state index >= 15 is 0 Å². The van der Waals surface area contributed by atoms with Gasteiger partial charge < -0.3 is 34.2 Å². The van der Waals surface area contributed by atoms with Crippen molar-refractivity contribution in [2.45, 2.75) is 72.4 Å². The number of carbonyl (C=O) groups excluding carboxylic acids is 4. The van der Waals surface area contributed by atoms with Gasteiger partial charge in [-0.25, -0.2) is 9.59 Å². The lowest BCUT2D eigenvalue weighted by molar-refractivity contribution is -0.161. The fourth-order valence-electron chi connectivity index (χ4n) is 2.61. The summed E-state index contributed by atoms with van der Waals surface area (Å²) in [5, 5.41) is 0. The van der Waals surface area contributed by atoms with Crippen molar-refractivity contribution in [3.8, 4) is 11.5 Å². The fraction of sp³-hybridized carbons (Fsp3) is 0.600. The Morgan fingerprint density at radius 3 is 1.97 bits per heavy atom. The molecular formula is C25H37NO10. The Labute approximate surface area is 211 Å². The molecule has 0 saturated heterocycles. The second-order valence-corrected chi connectivity index (χ2v) is 8.18. The number of rotatable bonds is 14. The minimum atomic E-state index is -1.05. The monoisotopic (exact) mass is 511 g/mol. The first-order valence-corrected chi connectivity index (χ1v) is 12.1. The van der Waals surface area contributed by atoms with Gasteiger partial charge in [0.2, 0.25) is 0 Å². The van der Waals surface area contributed by atoms with E-state index in [2.05, 4.69) is 0 Å². The average Bonchev–Trinajstić information content (AvgIpc) is 2.85. The van der Waals surface area contributed by atoms with Crippen LogP contribution >= 0.6 is 0 Å². The number of hydrogen-bond donors (Lipinski definition) is 1. The third-order valence-corrected chi connectivity index (χ3v) is 4.79. The molecule has 0 fully saturated rings. The first-order valence-electron chi connectivity index (χ1n) is 12.1. The highest BCUT2D eigenvalue weighted by atomic mass is 16.7. The normalized spacial score (nSPS) is 13.1. The number of nitrogens with two attached hydrogens (primary N) is 1. The molecule has 0 radical (unpaired) electrons. The van der Waals surface area contributed by atoms with E-state index in [0.29, 0.717) is 24.8 Å². The zero-order chi connectivity index (χ0) is 27.1. The van der Waals surface area contributed by atoms with Crippen LogP contribution in [-0.2, 0) is 35.0 Å². The standard InChI is InChI=1S/C25H37NO10/c1-6-11-31-24(29)35-20-10-9-18(14-21(20)36-25(30)32-12-7-2)13-19(26)23(28)33-15-17(5)34-22(27)16(4)8-3/h9-10,14,16-17,19H,6-8,11-13,15,26H2,1-5H3/t16?,17-,19-/m0/s1. The molecule has 11 heteroatoms. The van der Waals surface area contributed by atoms with E-state index in [1.807, 2.05) is 20.8 Å². The first kappa shape index (κ1) is 30.7. The van der Waals surface area contributed by atoms with E-state index in [1.54, 1.807) is 19.9 Å². The van der Waals surface area contributed by atoms with Crippen LogP contribution in [0.15, 0.2) is 18.2 Å². The van der Waals surface area contributed by atoms with E-state index in [9.17, 15) is 19.2 Å². The third-order valence-electron chi connectivity index (χ3n) is 4.79. The molecule has 1 aromatic rings. The molecule has 36 heavy (non-hydrogen) atoms. The minimum Gasteiger partial charge on any atom is -0.461 e. The number of esters is 2. The maximum Gasteiger partial charge on any atom is 0.513 e. The summed E-state index contributed by atoms with van der Waals surface area (Å²) in [5.74, 6) is -1.48. The van der Waals surface area contributed by atoms with Gasteiger partial charge in [-0.1, -0.05) is 33.8 Å². The van der Waals surface area contributed by atoms with Crippen molar-refractivity contribution in [1.82, 2.24) is 0 Å². The molecule has 3 atom stereocenters. The van der Waals surface area contributed by atoms with Crippen molar-refractivity contribution in [2.24, 2.45) is 11.7 Å². The molecular weight excluding hydrogens is 474 g/mol. The van der Waals surface area contributed by atoms with Crippen LogP contribution in [0.2, 0.25) is 0 Å². The van der Waals surface area contributed by atoms with Crippen molar-refractivity contribution < 1.29 is 47.6 Å². The molecule has 0 aliphatic rings. The fourth-order valence-corrected chi connectivity index (χ4v) is 2.61. The van der Waals surface area contributed by atoms with Crippen molar-refractivity contribution >= 4 is 24.2 Å². The Morgan fingerprint density at radius 1 is 0.833 bits per heavy atom. The highest BCUT2D eigenvalue weighted by molar-refractivity contribution is 5.76. The lowest BCUT2D eigenvalue weighted by Crippen LogP contribution is -2.36. The maximum absolute atomic E-state index is 12.3. The Bertz CT molecular complexity index is 872. The van der Waals surface area contributed by atoms with Crippen LogP contribution in [0.4, 0.5) is 9.59 Å². The Balaban J connectivity index is 2.82. The molecule has 0 spiro atoms. The minimum absolute atomic E-state index is 0.0286. The zero-order valence-electron chi connectivity index (χ0n) is 21.6. The van der Waals surface area contributed by atoms with Gasteiger partial charge in [-0.3, -0.25) is 9.59 Å². The molecule has 0 bridgehead atoms.